The smallest absolute Gasteiger partial charge is 0.391 e. The first kappa shape index (κ1) is 12.5. The summed E-state index contributed by atoms with van der Waals surface area (Å²) in [5.74, 6) is -1.38. The Morgan fingerprint density at radius 2 is 2.24 bits per heavy atom. The highest BCUT2D eigenvalue weighted by atomic mass is 19.4. The number of furan rings is 1. The van der Waals surface area contributed by atoms with E-state index in [1.165, 1.54) is 12.5 Å². The quantitative estimate of drug-likeness (QED) is 0.871. The highest BCUT2D eigenvalue weighted by Crippen LogP contribution is 2.42. The molecule has 1 aliphatic rings. The Hall–Kier alpha value is -0.970. The van der Waals surface area contributed by atoms with Crippen molar-refractivity contribution >= 4 is 0 Å². The van der Waals surface area contributed by atoms with Gasteiger partial charge in [-0.05, 0) is 37.3 Å². The van der Waals surface area contributed by atoms with E-state index in [1.807, 2.05) is 0 Å². The third-order valence-electron chi connectivity index (χ3n) is 3.40. The molecule has 1 heterocycles. The van der Waals surface area contributed by atoms with Crippen molar-refractivity contribution in [2.45, 2.75) is 43.9 Å². The lowest BCUT2D eigenvalue weighted by molar-refractivity contribution is -0.200. The highest BCUT2D eigenvalue weighted by Gasteiger charge is 2.46. The van der Waals surface area contributed by atoms with Gasteiger partial charge in [-0.1, -0.05) is 0 Å². The second-order valence-corrected chi connectivity index (χ2v) is 4.87. The summed E-state index contributed by atoms with van der Waals surface area (Å²) < 4.78 is 42.8. The van der Waals surface area contributed by atoms with Gasteiger partial charge in [0.2, 0.25) is 0 Å². The summed E-state index contributed by atoms with van der Waals surface area (Å²) in [6.45, 7) is 0. The van der Waals surface area contributed by atoms with Gasteiger partial charge in [0.1, 0.15) is 0 Å². The number of hydrogen-bond donors (Lipinski definition) is 1. The summed E-state index contributed by atoms with van der Waals surface area (Å²) in [5, 5.41) is 10.2. The van der Waals surface area contributed by atoms with Gasteiger partial charge in [-0.3, -0.25) is 0 Å². The third-order valence-corrected chi connectivity index (χ3v) is 3.40. The Bertz CT molecular complexity index is 358. The van der Waals surface area contributed by atoms with E-state index in [9.17, 15) is 18.3 Å². The van der Waals surface area contributed by atoms with Gasteiger partial charge in [0, 0.05) is 6.42 Å². The van der Waals surface area contributed by atoms with Crippen molar-refractivity contribution in [3.8, 4) is 0 Å². The Morgan fingerprint density at radius 1 is 1.47 bits per heavy atom. The van der Waals surface area contributed by atoms with Crippen molar-refractivity contribution in [2.24, 2.45) is 5.92 Å². The number of alkyl halides is 3. The summed E-state index contributed by atoms with van der Waals surface area (Å²) in [4.78, 5) is 0. The molecule has 0 bridgehead atoms. The predicted octanol–water partition coefficient (Wildman–Crippen LogP) is 3.31. The molecule has 1 aliphatic carbocycles. The molecular weight excluding hydrogens is 233 g/mol. The number of halogens is 3. The van der Waals surface area contributed by atoms with Crippen molar-refractivity contribution < 1.29 is 22.7 Å². The van der Waals surface area contributed by atoms with Crippen LogP contribution >= 0.6 is 0 Å². The average Bonchev–Trinajstić information content (AvgIpc) is 2.68. The van der Waals surface area contributed by atoms with Crippen LogP contribution in [0.2, 0.25) is 0 Å². The maximum Gasteiger partial charge on any atom is 0.391 e. The van der Waals surface area contributed by atoms with E-state index in [1.54, 1.807) is 6.07 Å². The fourth-order valence-corrected chi connectivity index (χ4v) is 2.55. The van der Waals surface area contributed by atoms with Crippen LogP contribution in [0.1, 0.15) is 31.2 Å². The van der Waals surface area contributed by atoms with E-state index in [0.29, 0.717) is 12.8 Å². The summed E-state index contributed by atoms with van der Waals surface area (Å²) >= 11 is 0. The van der Waals surface area contributed by atoms with Crippen molar-refractivity contribution in [3.05, 3.63) is 24.2 Å². The van der Waals surface area contributed by atoms with Gasteiger partial charge in [0.05, 0.1) is 24.0 Å². The molecule has 1 saturated carbocycles. The van der Waals surface area contributed by atoms with Gasteiger partial charge < -0.3 is 9.52 Å². The fourth-order valence-electron chi connectivity index (χ4n) is 2.55. The number of hydrogen-bond acceptors (Lipinski definition) is 2. The van der Waals surface area contributed by atoms with Crippen LogP contribution in [-0.4, -0.2) is 16.9 Å². The topological polar surface area (TPSA) is 33.4 Å². The molecule has 2 rings (SSSR count). The molecule has 0 aromatic carbocycles. The molecule has 17 heavy (non-hydrogen) atoms. The zero-order valence-corrected chi connectivity index (χ0v) is 9.33. The molecule has 0 amide bonds. The molecule has 0 saturated heterocycles. The molecule has 5 heteroatoms. The minimum Gasteiger partial charge on any atom is -0.472 e. The van der Waals surface area contributed by atoms with Crippen LogP contribution in [-0.2, 0) is 6.42 Å². The molecule has 96 valence electrons. The third kappa shape index (κ3) is 3.03. The lowest BCUT2D eigenvalue weighted by Gasteiger charge is -2.37. The Labute approximate surface area is 97.4 Å². The van der Waals surface area contributed by atoms with Crippen LogP contribution in [0.25, 0.3) is 0 Å². The minimum absolute atomic E-state index is 0.122. The van der Waals surface area contributed by atoms with Gasteiger partial charge in [-0.15, -0.1) is 0 Å². The van der Waals surface area contributed by atoms with Gasteiger partial charge in [0.25, 0.3) is 0 Å². The zero-order valence-electron chi connectivity index (χ0n) is 9.33. The molecular formula is C12H15F3O2. The van der Waals surface area contributed by atoms with Crippen molar-refractivity contribution in [1.82, 2.24) is 0 Å². The van der Waals surface area contributed by atoms with E-state index in [4.69, 9.17) is 4.42 Å². The lowest BCUT2D eigenvalue weighted by atomic mass is 9.75. The van der Waals surface area contributed by atoms with Crippen LogP contribution in [0.3, 0.4) is 0 Å². The van der Waals surface area contributed by atoms with E-state index >= 15 is 0 Å². The van der Waals surface area contributed by atoms with E-state index in [-0.39, 0.29) is 19.3 Å². The standard InChI is InChI=1S/C12H15F3O2/c13-12(14,15)10-2-1-4-11(16,7-10)6-9-3-5-17-8-9/h3,5,8,10,16H,1-2,4,6-7H2. The number of aliphatic hydroxyl groups is 1. The van der Waals surface area contributed by atoms with Crippen LogP contribution in [0, 0.1) is 5.92 Å². The zero-order chi connectivity index (χ0) is 12.5. The molecule has 0 aliphatic heterocycles. The molecule has 0 spiro atoms. The van der Waals surface area contributed by atoms with Gasteiger partial charge in [0.15, 0.2) is 0 Å². The maximum absolute atomic E-state index is 12.6. The predicted molar refractivity (Wildman–Crippen MR) is 55.4 cm³/mol. The van der Waals surface area contributed by atoms with E-state index in [0.717, 1.165) is 5.56 Å². The van der Waals surface area contributed by atoms with Gasteiger partial charge in [-0.2, -0.15) is 13.2 Å². The van der Waals surface area contributed by atoms with Crippen molar-refractivity contribution in [2.75, 3.05) is 0 Å². The monoisotopic (exact) mass is 248 g/mol. The molecule has 2 atom stereocenters. The fraction of sp³-hybridized carbons (Fsp3) is 0.667. The average molecular weight is 248 g/mol. The van der Waals surface area contributed by atoms with Gasteiger partial charge >= 0.3 is 6.18 Å². The van der Waals surface area contributed by atoms with Crippen molar-refractivity contribution in [1.29, 1.82) is 0 Å². The van der Waals surface area contributed by atoms with E-state index < -0.39 is 17.7 Å². The first-order valence-electron chi connectivity index (χ1n) is 5.69. The largest absolute Gasteiger partial charge is 0.472 e. The summed E-state index contributed by atoms with van der Waals surface area (Å²) in [6, 6.07) is 1.68. The summed E-state index contributed by atoms with van der Waals surface area (Å²) in [5.41, 5.74) is -0.502. The van der Waals surface area contributed by atoms with Crippen molar-refractivity contribution in [3.63, 3.8) is 0 Å². The lowest BCUT2D eigenvalue weighted by Crippen LogP contribution is -2.41. The highest BCUT2D eigenvalue weighted by molar-refractivity contribution is 5.10. The molecule has 2 unspecified atom stereocenters. The molecule has 2 nitrogen and oxygen atoms in total. The summed E-state index contributed by atoms with van der Waals surface area (Å²) in [6.07, 6.45) is -0.291. The SMILES string of the molecule is OC1(Cc2ccoc2)CCCC(C(F)(F)F)C1. The second-order valence-electron chi connectivity index (χ2n) is 4.87. The molecule has 1 aromatic rings. The first-order valence-corrected chi connectivity index (χ1v) is 5.69. The Kier molecular flexibility index (Phi) is 3.21. The first-order chi connectivity index (χ1) is 7.89. The van der Waals surface area contributed by atoms with Crippen LogP contribution < -0.4 is 0 Å². The minimum atomic E-state index is -4.20. The Morgan fingerprint density at radius 3 is 2.82 bits per heavy atom. The van der Waals surface area contributed by atoms with Gasteiger partial charge in [-0.25, -0.2) is 0 Å². The van der Waals surface area contributed by atoms with E-state index in [2.05, 4.69) is 0 Å². The normalized spacial score (nSPS) is 30.5. The molecule has 1 fully saturated rings. The molecule has 1 N–H and O–H groups in total. The summed E-state index contributed by atoms with van der Waals surface area (Å²) in [7, 11) is 0. The van der Waals surface area contributed by atoms with Crippen LogP contribution in [0.5, 0.6) is 0 Å². The van der Waals surface area contributed by atoms with Crippen LogP contribution in [0.15, 0.2) is 23.0 Å². The second kappa shape index (κ2) is 4.37. The van der Waals surface area contributed by atoms with Crippen LogP contribution in [0.4, 0.5) is 13.2 Å². The molecule has 0 radical (unpaired) electrons. The number of rotatable bonds is 2. The maximum atomic E-state index is 12.6. The Balaban J connectivity index is 2.05. The molecule has 1 aromatic heterocycles.